The molecule has 0 bridgehead atoms. The standard InChI is InChI=1S/C24H17ClF3N6O2/c1-13-23-14(6-7-29-13)8-21(32(23)2)33-11-19(36-3)17(10-22(33)35)16-9-15(25)4-5-18(16)34-12-20(30-31-34)24(26,27)28/h4-7,9-12H,1-3H3. The number of methoxy groups -OCH3 is 1. The summed E-state index contributed by atoms with van der Waals surface area (Å²) >= 11 is 6.21. The molecule has 0 fully saturated rings. The Morgan fingerprint density at radius 3 is 2.56 bits per heavy atom. The molecule has 0 atom stereocenters. The Hall–Kier alpha value is -4.12. The predicted molar refractivity (Wildman–Crippen MR) is 127 cm³/mol. The van der Waals surface area contributed by atoms with Gasteiger partial charge in [-0.3, -0.25) is 14.3 Å². The number of nitrogens with zero attached hydrogens (tertiary/aromatic N) is 6. The number of hydrogen-bond donors (Lipinski definition) is 0. The van der Waals surface area contributed by atoms with Crippen LogP contribution < -0.4 is 10.3 Å². The molecular weight excluding hydrogens is 497 g/mol. The fourth-order valence-corrected chi connectivity index (χ4v) is 4.28. The fourth-order valence-electron chi connectivity index (χ4n) is 4.10. The van der Waals surface area contributed by atoms with Crippen LogP contribution in [0.25, 0.3) is 33.5 Å². The number of benzene rings is 1. The van der Waals surface area contributed by atoms with Crippen molar-refractivity contribution in [2.45, 2.75) is 13.1 Å². The summed E-state index contributed by atoms with van der Waals surface area (Å²) in [7, 11) is 3.22. The smallest absolute Gasteiger partial charge is 0.436 e. The highest BCUT2D eigenvalue weighted by Crippen LogP contribution is 2.36. The van der Waals surface area contributed by atoms with Crippen LogP contribution in [0.1, 0.15) is 11.4 Å². The molecule has 0 unspecified atom stereocenters. The van der Waals surface area contributed by atoms with E-state index in [1.807, 2.05) is 6.92 Å². The van der Waals surface area contributed by atoms with Gasteiger partial charge in [0, 0.05) is 46.9 Å². The lowest BCUT2D eigenvalue weighted by Gasteiger charge is -2.16. The normalized spacial score (nSPS) is 11.9. The number of aryl methyl sites for hydroxylation is 2. The van der Waals surface area contributed by atoms with E-state index in [4.69, 9.17) is 16.3 Å². The van der Waals surface area contributed by atoms with E-state index in [1.54, 1.807) is 23.9 Å². The zero-order chi connectivity index (χ0) is 25.8. The van der Waals surface area contributed by atoms with Gasteiger partial charge in [-0.2, -0.15) is 13.2 Å². The van der Waals surface area contributed by atoms with Crippen LogP contribution in [0.3, 0.4) is 0 Å². The van der Waals surface area contributed by atoms with E-state index in [0.29, 0.717) is 22.0 Å². The number of rotatable bonds is 4. The largest absolute Gasteiger partial charge is 0.495 e. The van der Waals surface area contributed by atoms with Crippen molar-refractivity contribution in [2.75, 3.05) is 7.11 Å². The van der Waals surface area contributed by atoms with Gasteiger partial charge in [-0.1, -0.05) is 16.8 Å². The molecule has 0 N–H and O–H groups in total. The molecule has 1 aromatic carbocycles. The summed E-state index contributed by atoms with van der Waals surface area (Å²) in [6.45, 7) is 1.86. The van der Waals surface area contributed by atoms with Crippen LogP contribution in [-0.2, 0) is 13.2 Å². The first-order valence-electron chi connectivity index (χ1n) is 10.5. The van der Waals surface area contributed by atoms with E-state index in [-0.39, 0.29) is 11.4 Å². The Morgan fingerprint density at radius 1 is 1.11 bits per heavy atom. The van der Waals surface area contributed by atoms with E-state index in [2.05, 4.69) is 21.4 Å². The number of fused-ring (bicyclic) bond motifs is 1. The molecule has 5 rings (SSSR count). The van der Waals surface area contributed by atoms with Crippen LogP contribution in [0, 0.1) is 13.0 Å². The Bertz CT molecular complexity index is 1690. The zero-order valence-corrected chi connectivity index (χ0v) is 19.9. The quantitative estimate of drug-likeness (QED) is 0.346. The molecule has 0 aliphatic rings. The second kappa shape index (κ2) is 8.52. The first kappa shape index (κ1) is 23.6. The van der Waals surface area contributed by atoms with Gasteiger partial charge in [0.15, 0.2) is 5.69 Å². The van der Waals surface area contributed by atoms with Crippen molar-refractivity contribution >= 4 is 22.5 Å². The summed E-state index contributed by atoms with van der Waals surface area (Å²) < 4.78 is 49.1. The van der Waals surface area contributed by atoms with Crippen molar-refractivity contribution in [3.8, 4) is 28.4 Å². The third-order valence-electron chi connectivity index (χ3n) is 5.75. The van der Waals surface area contributed by atoms with Crippen LogP contribution >= 0.6 is 11.6 Å². The summed E-state index contributed by atoms with van der Waals surface area (Å²) in [5.74, 6) is 0.746. The average Bonchev–Trinajstić information content (AvgIpc) is 3.45. The molecule has 4 heterocycles. The zero-order valence-electron chi connectivity index (χ0n) is 19.1. The van der Waals surface area contributed by atoms with Gasteiger partial charge in [0.1, 0.15) is 11.6 Å². The molecule has 183 valence electrons. The SMILES string of the molecule is COc1cn(-c2[c]c3ccnc(C)c3n2C)c(=O)cc1-c1cc(Cl)ccc1-n1cc(C(F)(F)F)nn1. The molecule has 0 saturated heterocycles. The molecule has 5 aromatic rings. The van der Waals surface area contributed by atoms with E-state index in [9.17, 15) is 18.0 Å². The molecule has 0 aliphatic heterocycles. The first-order chi connectivity index (χ1) is 17.1. The number of alkyl halides is 3. The minimum absolute atomic E-state index is 0.232. The molecule has 0 spiro atoms. The number of ether oxygens (including phenoxy) is 1. The molecule has 0 aliphatic carbocycles. The topological polar surface area (TPSA) is 79.8 Å². The van der Waals surface area contributed by atoms with E-state index in [1.165, 1.54) is 42.1 Å². The Balaban J connectivity index is 1.70. The predicted octanol–water partition coefficient (Wildman–Crippen LogP) is 4.76. The van der Waals surface area contributed by atoms with Gasteiger partial charge in [-0.15, -0.1) is 5.10 Å². The van der Waals surface area contributed by atoms with Gasteiger partial charge < -0.3 is 9.30 Å². The summed E-state index contributed by atoms with van der Waals surface area (Å²) in [5.41, 5.74) is 0.923. The van der Waals surface area contributed by atoms with Crippen LogP contribution in [0.5, 0.6) is 5.75 Å². The van der Waals surface area contributed by atoms with Gasteiger partial charge in [0.25, 0.3) is 5.56 Å². The third kappa shape index (κ3) is 3.91. The first-order valence-corrected chi connectivity index (χ1v) is 10.9. The summed E-state index contributed by atoms with van der Waals surface area (Å²) in [6.07, 6.45) is -0.731. The number of hydrogen-bond acceptors (Lipinski definition) is 5. The number of pyridine rings is 2. The Labute approximate surface area is 207 Å². The van der Waals surface area contributed by atoms with E-state index >= 15 is 0 Å². The van der Waals surface area contributed by atoms with Crippen molar-refractivity contribution in [3.05, 3.63) is 81.8 Å². The van der Waals surface area contributed by atoms with Gasteiger partial charge in [-0.25, -0.2) is 4.68 Å². The van der Waals surface area contributed by atoms with Gasteiger partial charge in [-0.05, 0) is 31.2 Å². The van der Waals surface area contributed by atoms with Gasteiger partial charge in [0.2, 0.25) is 0 Å². The molecule has 4 aromatic heterocycles. The van der Waals surface area contributed by atoms with Crippen molar-refractivity contribution in [2.24, 2.45) is 7.05 Å². The second-order valence-electron chi connectivity index (χ2n) is 7.97. The molecule has 0 amide bonds. The highest BCUT2D eigenvalue weighted by atomic mass is 35.5. The van der Waals surface area contributed by atoms with Crippen molar-refractivity contribution in [3.63, 3.8) is 0 Å². The van der Waals surface area contributed by atoms with E-state index in [0.717, 1.165) is 27.5 Å². The lowest BCUT2D eigenvalue weighted by molar-refractivity contribution is -0.141. The summed E-state index contributed by atoms with van der Waals surface area (Å²) in [5, 5.41) is 7.94. The average molecular weight is 514 g/mol. The maximum atomic E-state index is 13.3. The maximum Gasteiger partial charge on any atom is 0.436 e. The van der Waals surface area contributed by atoms with Crippen LogP contribution in [-0.4, -0.2) is 36.2 Å². The van der Waals surface area contributed by atoms with E-state index < -0.39 is 17.4 Å². The van der Waals surface area contributed by atoms with Crippen molar-refractivity contribution in [1.29, 1.82) is 0 Å². The summed E-state index contributed by atoms with van der Waals surface area (Å²) in [4.78, 5) is 17.6. The molecule has 8 nitrogen and oxygen atoms in total. The fraction of sp³-hybridized carbons (Fsp3) is 0.167. The highest BCUT2D eigenvalue weighted by molar-refractivity contribution is 6.31. The van der Waals surface area contributed by atoms with Crippen LogP contribution in [0.4, 0.5) is 13.2 Å². The van der Waals surface area contributed by atoms with Crippen molar-refractivity contribution in [1.82, 2.24) is 29.1 Å². The number of halogens is 4. The van der Waals surface area contributed by atoms with Gasteiger partial charge in [0.05, 0.1) is 36.4 Å². The Kier molecular flexibility index (Phi) is 5.59. The highest BCUT2D eigenvalue weighted by Gasteiger charge is 2.35. The lowest BCUT2D eigenvalue weighted by Crippen LogP contribution is -2.20. The molecule has 36 heavy (non-hydrogen) atoms. The molecule has 0 saturated carbocycles. The lowest BCUT2D eigenvalue weighted by atomic mass is 10.0. The molecular formula is C24H17ClF3N6O2. The molecule has 1 radical (unpaired) electrons. The monoisotopic (exact) mass is 513 g/mol. The molecule has 12 heteroatoms. The van der Waals surface area contributed by atoms with Gasteiger partial charge >= 0.3 is 6.18 Å². The summed E-state index contributed by atoms with van der Waals surface area (Å²) in [6, 6.07) is 10.9. The van der Waals surface area contributed by atoms with Crippen molar-refractivity contribution < 1.29 is 17.9 Å². The minimum Gasteiger partial charge on any atom is -0.495 e. The minimum atomic E-state index is -4.66. The van der Waals surface area contributed by atoms with Crippen LogP contribution in [0.15, 0.2) is 53.7 Å². The maximum absolute atomic E-state index is 13.3. The Morgan fingerprint density at radius 2 is 1.89 bits per heavy atom. The van der Waals surface area contributed by atoms with Crippen LogP contribution in [0.2, 0.25) is 5.02 Å². The number of aromatic nitrogens is 6. The second-order valence-corrected chi connectivity index (χ2v) is 8.41. The third-order valence-corrected chi connectivity index (χ3v) is 5.99.